The second-order valence-electron chi connectivity index (χ2n) is 2.77. The number of carbonyl (C=O) groups is 1. The van der Waals surface area contributed by atoms with Crippen LogP contribution in [0.2, 0.25) is 5.02 Å². The highest BCUT2D eigenvalue weighted by Crippen LogP contribution is 2.26. The lowest BCUT2D eigenvalue weighted by atomic mass is 10.1. The summed E-state index contributed by atoms with van der Waals surface area (Å²) in [5, 5.41) is 4.96. The van der Waals surface area contributed by atoms with Gasteiger partial charge in [-0.15, -0.1) is 0 Å². The summed E-state index contributed by atoms with van der Waals surface area (Å²) >= 11 is 5.86. The molecule has 66 valence electrons. The van der Waals surface area contributed by atoms with Crippen molar-refractivity contribution in [3.05, 3.63) is 28.4 Å². The van der Waals surface area contributed by atoms with E-state index in [1.165, 1.54) is 0 Å². The molecule has 0 aliphatic rings. The number of fused-ring (bicyclic) bond motifs is 1. The Morgan fingerprint density at radius 2 is 2.31 bits per heavy atom. The zero-order chi connectivity index (χ0) is 9.42. The van der Waals surface area contributed by atoms with Gasteiger partial charge in [-0.1, -0.05) is 16.8 Å². The van der Waals surface area contributed by atoms with Crippen molar-refractivity contribution in [2.45, 2.75) is 6.92 Å². The molecule has 0 aliphatic carbocycles. The van der Waals surface area contributed by atoms with Crippen molar-refractivity contribution in [1.82, 2.24) is 5.16 Å². The molecule has 1 aromatic heterocycles. The van der Waals surface area contributed by atoms with Crippen LogP contribution in [0.1, 0.15) is 16.1 Å². The van der Waals surface area contributed by atoms with E-state index in [1.807, 2.05) is 0 Å². The van der Waals surface area contributed by atoms with Gasteiger partial charge in [-0.3, -0.25) is 4.79 Å². The maximum atomic E-state index is 10.5. The van der Waals surface area contributed by atoms with Crippen molar-refractivity contribution in [1.29, 1.82) is 0 Å². The summed E-state index contributed by atoms with van der Waals surface area (Å²) in [6.07, 6.45) is 0.748. The molecule has 0 fully saturated rings. The van der Waals surface area contributed by atoms with Crippen LogP contribution in [0.25, 0.3) is 11.0 Å². The van der Waals surface area contributed by atoms with Gasteiger partial charge in [-0.25, -0.2) is 0 Å². The second kappa shape index (κ2) is 2.85. The highest BCUT2D eigenvalue weighted by atomic mass is 35.5. The summed E-state index contributed by atoms with van der Waals surface area (Å²) in [6, 6.07) is 3.27. The molecule has 1 aromatic carbocycles. The van der Waals surface area contributed by atoms with E-state index in [0.29, 0.717) is 16.2 Å². The molecule has 2 rings (SSSR count). The lowest BCUT2D eigenvalue weighted by Gasteiger charge is -1.93. The number of hydrogen-bond acceptors (Lipinski definition) is 3. The van der Waals surface area contributed by atoms with Gasteiger partial charge in [-0.2, -0.15) is 0 Å². The lowest BCUT2D eigenvalue weighted by molar-refractivity contribution is 0.112. The van der Waals surface area contributed by atoms with Gasteiger partial charge >= 0.3 is 0 Å². The molecule has 0 spiro atoms. The molecule has 0 amide bonds. The predicted octanol–water partition coefficient (Wildman–Crippen LogP) is 2.60. The van der Waals surface area contributed by atoms with E-state index >= 15 is 0 Å². The lowest BCUT2D eigenvalue weighted by Crippen LogP contribution is -1.80. The number of halogens is 1. The summed E-state index contributed by atoms with van der Waals surface area (Å²) in [5.74, 6) is 0. The SMILES string of the molecule is Cc1noc2c(Cl)cc(C=O)cc12. The first-order chi connectivity index (χ1) is 6.22. The number of nitrogens with zero attached hydrogens (tertiary/aromatic N) is 1. The van der Waals surface area contributed by atoms with Crippen LogP contribution in [0, 0.1) is 6.92 Å². The zero-order valence-electron chi connectivity index (χ0n) is 6.87. The number of aromatic nitrogens is 1. The van der Waals surface area contributed by atoms with E-state index < -0.39 is 0 Å². The smallest absolute Gasteiger partial charge is 0.185 e. The first-order valence-corrected chi connectivity index (χ1v) is 4.11. The maximum Gasteiger partial charge on any atom is 0.185 e. The van der Waals surface area contributed by atoms with Crippen LogP contribution in [0.4, 0.5) is 0 Å². The topological polar surface area (TPSA) is 43.1 Å². The number of hydrogen-bond donors (Lipinski definition) is 0. The third-order valence-electron chi connectivity index (χ3n) is 1.87. The minimum Gasteiger partial charge on any atom is -0.354 e. The fourth-order valence-electron chi connectivity index (χ4n) is 1.21. The molecule has 0 N–H and O–H groups in total. The first kappa shape index (κ1) is 8.26. The second-order valence-corrected chi connectivity index (χ2v) is 3.17. The Morgan fingerprint density at radius 3 is 3.00 bits per heavy atom. The average Bonchev–Trinajstić information content (AvgIpc) is 2.48. The fourth-order valence-corrected chi connectivity index (χ4v) is 1.47. The molecule has 4 heteroatoms. The average molecular weight is 196 g/mol. The van der Waals surface area contributed by atoms with E-state index in [9.17, 15) is 4.79 Å². The Balaban J connectivity index is 2.87. The summed E-state index contributed by atoms with van der Waals surface area (Å²) < 4.78 is 4.98. The van der Waals surface area contributed by atoms with Gasteiger partial charge < -0.3 is 4.52 Å². The zero-order valence-corrected chi connectivity index (χ0v) is 7.63. The molecule has 0 unspecified atom stereocenters. The summed E-state index contributed by atoms with van der Waals surface area (Å²) in [4.78, 5) is 10.5. The van der Waals surface area contributed by atoms with Gasteiger partial charge in [0.25, 0.3) is 0 Å². The van der Waals surface area contributed by atoms with Crippen LogP contribution in [0.3, 0.4) is 0 Å². The largest absolute Gasteiger partial charge is 0.354 e. The molecule has 1 heterocycles. The number of carbonyl (C=O) groups excluding carboxylic acids is 1. The van der Waals surface area contributed by atoms with Gasteiger partial charge in [0.05, 0.1) is 10.7 Å². The van der Waals surface area contributed by atoms with Crippen molar-refractivity contribution in [2.75, 3.05) is 0 Å². The predicted molar refractivity (Wildman–Crippen MR) is 49.1 cm³/mol. The summed E-state index contributed by atoms with van der Waals surface area (Å²) in [7, 11) is 0. The van der Waals surface area contributed by atoms with Crippen LogP contribution >= 0.6 is 11.6 Å². The van der Waals surface area contributed by atoms with Crippen molar-refractivity contribution < 1.29 is 9.32 Å². The molecule has 13 heavy (non-hydrogen) atoms. The Kier molecular flexibility index (Phi) is 1.81. The molecule has 0 aliphatic heterocycles. The molecule has 0 saturated heterocycles. The molecule has 0 radical (unpaired) electrons. The van der Waals surface area contributed by atoms with Gasteiger partial charge in [-0.05, 0) is 19.1 Å². The van der Waals surface area contributed by atoms with E-state index in [2.05, 4.69) is 5.16 Å². The normalized spacial score (nSPS) is 10.6. The van der Waals surface area contributed by atoms with Gasteiger partial charge in [0.15, 0.2) is 5.58 Å². The number of aryl methyl sites for hydroxylation is 1. The molecule has 3 nitrogen and oxygen atoms in total. The van der Waals surface area contributed by atoms with Crippen molar-refractivity contribution >= 4 is 28.9 Å². The van der Waals surface area contributed by atoms with Crippen molar-refractivity contribution in [3.8, 4) is 0 Å². The van der Waals surface area contributed by atoms with E-state index in [4.69, 9.17) is 16.1 Å². The van der Waals surface area contributed by atoms with Crippen LogP contribution in [0.15, 0.2) is 16.7 Å². The van der Waals surface area contributed by atoms with E-state index in [1.54, 1.807) is 19.1 Å². The monoisotopic (exact) mass is 195 g/mol. The molecule has 0 atom stereocenters. The fraction of sp³-hybridized carbons (Fsp3) is 0.111. The van der Waals surface area contributed by atoms with Gasteiger partial charge in [0, 0.05) is 10.9 Å². The van der Waals surface area contributed by atoms with Gasteiger partial charge in [0.1, 0.15) is 6.29 Å². The third-order valence-corrected chi connectivity index (χ3v) is 2.15. The Bertz CT molecular complexity index is 476. The summed E-state index contributed by atoms with van der Waals surface area (Å²) in [5.41, 5.74) is 1.80. The summed E-state index contributed by atoms with van der Waals surface area (Å²) in [6.45, 7) is 1.80. The quantitative estimate of drug-likeness (QED) is 0.657. The standard InChI is InChI=1S/C9H6ClNO2/c1-5-7-2-6(4-12)3-8(10)9(7)13-11-5/h2-4H,1H3. The molecular weight excluding hydrogens is 190 g/mol. The molecule has 2 aromatic rings. The number of benzene rings is 1. The molecule has 0 bridgehead atoms. The Hall–Kier alpha value is -1.35. The maximum absolute atomic E-state index is 10.5. The van der Waals surface area contributed by atoms with E-state index in [-0.39, 0.29) is 0 Å². The Morgan fingerprint density at radius 1 is 1.54 bits per heavy atom. The van der Waals surface area contributed by atoms with Gasteiger partial charge in [0.2, 0.25) is 0 Å². The minimum atomic E-state index is 0.417. The highest BCUT2D eigenvalue weighted by molar-refractivity contribution is 6.35. The van der Waals surface area contributed by atoms with Crippen LogP contribution in [0.5, 0.6) is 0 Å². The van der Waals surface area contributed by atoms with Crippen LogP contribution in [-0.2, 0) is 0 Å². The number of aldehydes is 1. The van der Waals surface area contributed by atoms with Crippen molar-refractivity contribution in [3.63, 3.8) is 0 Å². The minimum absolute atomic E-state index is 0.417. The molecular formula is C9H6ClNO2. The molecule has 0 saturated carbocycles. The van der Waals surface area contributed by atoms with Crippen LogP contribution < -0.4 is 0 Å². The highest BCUT2D eigenvalue weighted by Gasteiger charge is 2.09. The Labute approximate surface area is 79.3 Å². The van der Waals surface area contributed by atoms with Crippen LogP contribution in [-0.4, -0.2) is 11.4 Å². The third kappa shape index (κ3) is 1.21. The number of rotatable bonds is 1. The van der Waals surface area contributed by atoms with E-state index in [0.717, 1.165) is 17.4 Å². The van der Waals surface area contributed by atoms with Crippen molar-refractivity contribution in [2.24, 2.45) is 0 Å². The first-order valence-electron chi connectivity index (χ1n) is 3.73.